The van der Waals surface area contributed by atoms with Gasteiger partial charge in [-0.3, -0.25) is 4.79 Å². The second-order valence-corrected chi connectivity index (χ2v) is 4.98. The predicted octanol–water partition coefficient (Wildman–Crippen LogP) is 3.33. The van der Waals surface area contributed by atoms with Gasteiger partial charge in [0.1, 0.15) is 11.3 Å². The number of benzene rings is 1. The number of carbonyl (C=O) groups is 2. The zero-order valence-corrected chi connectivity index (χ0v) is 12.9. The normalized spacial score (nSPS) is 11.8. The zero-order chi connectivity index (χ0) is 16.1. The molecule has 0 unspecified atom stereocenters. The summed E-state index contributed by atoms with van der Waals surface area (Å²) in [5.41, 5.74) is 2.18. The van der Waals surface area contributed by atoms with Crippen molar-refractivity contribution in [1.29, 1.82) is 0 Å². The van der Waals surface area contributed by atoms with Gasteiger partial charge in [0.2, 0.25) is 0 Å². The van der Waals surface area contributed by atoms with Gasteiger partial charge in [0, 0.05) is 5.69 Å². The molecule has 0 spiro atoms. The SMILES string of the molecule is CCc1ccc(NC(=O)[C@@H](C)OC(=O)c2ccoc2C)cc1. The van der Waals surface area contributed by atoms with Crippen LogP contribution in [0.4, 0.5) is 5.69 Å². The summed E-state index contributed by atoms with van der Waals surface area (Å²) in [7, 11) is 0. The van der Waals surface area contributed by atoms with Crippen molar-refractivity contribution in [3.05, 3.63) is 53.5 Å². The molecule has 1 N–H and O–H groups in total. The van der Waals surface area contributed by atoms with E-state index in [1.807, 2.05) is 24.3 Å². The molecular weight excluding hydrogens is 282 g/mol. The summed E-state index contributed by atoms with van der Waals surface area (Å²) in [6.07, 6.45) is 1.45. The Morgan fingerprint density at radius 2 is 1.91 bits per heavy atom. The van der Waals surface area contributed by atoms with Crippen molar-refractivity contribution in [2.45, 2.75) is 33.3 Å². The lowest BCUT2D eigenvalue weighted by Crippen LogP contribution is -2.30. The standard InChI is InChI=1S/C17H19NO4/c1-4-13-5-7-14(8-6-13)18-16(19)12(3)22-17(20)15-9-10-21-11(15)2/h5-10,12H,4H2,1-3H3,(H,18,19)/t12-/m1/s1. The van der Waals surface area contributed by atoms with Gasteiger partial charge in [-0.2, -0.15) is 0 Å². The minimum Gasteiger partial charge on any atom is -0.469 e. The largest absolute Gasteiger partial charge is 0.469 e. The van der Waals surface area contributed by atoms with Crippen molar-refractivity contribution in [2.24, 2.45) is 0 Å². The van der Waals surface area contributed by atoms with E-state index in [4.69, 9.17) is 9.15 Å². The predicted molar refractivity (Wildman–Crippen MR) is 82.8 cm³/mol. The van der Waals surface area contributed by atoms with E-state index in [0.717, 1.165) is 6.42 Å². The van der Waals surface area contributed by atoms with Gasteiger partial charge in [0.05, 0.1) is 6.26 Å². The lowest BCUT2D eigenvalue weighted by atomic mass is 10.1. The number of hydrogen-bond acceptors (Lipinski definition) is 4. The number of anilines is 1. The van der Waals surface area contributed by atoms with Crippen LogP contribution in [0.3, 0.4) is 0 Å². The Balaban J connectivity index is 1.94. The Labute approximate surface area is 129 Å². The highest BCUT2D eigenvalue weighted by Crippen LogP contribution is 2.13. The van der Waals surface area contributed by atoms with Crippen molar-refractivity contribution >= 4 is 17.6 Å². The maximum atomic E-state index is 12.0. The molecule has 0 bridgehead atoms. The Morgan fingerprint density at radius 3 is 2.45 bits per heavy atom. The maximum Gasteiger partial charge on any atom is 0.342 e. The van der Waals surface area contributed by atoms with Gasteiger partial charge < -0.3 is 14.5 Å². The van der Waals surface area contributed by atoms with Gasteiger partial charge in [0.15, 0.2) is 6.10 Å². The number of hydrogen-bond donors (Lipinski definition) is 1. The van der Waals surface area contributed by atoms with Gasteiger partial charge >= 0.3 is 5.97 Å². The lowest BCUT2D eigenvalue weighted by molar-refractivity contribution is -0.123. The summed E-state index contributed by atoms with van der Waals surface area (Å²) in [6.45, 7) is 5.26. The number of furan rings is 1. The third-order valence-electron chi connectivity index (χ3n) is 3.36. The molecule has 1 amide bonds. The van der Waals surface area contributed by atoms with Crippen molar-refractivity contribution in [1.82, 2.24) is 0 Å². The summed E-state index contributed by atoms with van der Waals surface area (Å²) in [5, 5.41) is 2.72. The number of rotatable bonds is 5. The molecule has 2 rings (SSSR count). The van der Waals surface area contributed by atoms with Crippen molar-refractivity contribution in [3.63, 3.8) is 0 Å². The molecule has 116 valence electrons. The first-order chi connectivity index (χ1) is 10.5. The monoisotopic (exact) mass is 301 g/mol. The van der Waals surface area contributed by atoms with Crippen LogP contribution in [0.15, 0.2) is 41.0 Å². The van der Waals surface area contributed by atoms with Crippen LogP contribution < -0.4 is 5.32 Å². The smallest absolute Gasteiger partial charge is 0.342 e. The molecule has 0 radical (unpaired) electrons. The first-order valence-corrected chi connectivity index (χ1v) is 7.16. The van der Waals surface area contributed by atoms with E-state index in [-0.39, 0.29) is 5.91 Å². The average molecular weight is 301 g/mol. The summed E-state index contributed by atoms with van der Waals surface area (Å²) in [5.74, 6) is -0.485. The van der Waals surface area contributed by atoms with Crippen LogP contribution in [-0.4, -0.2) is 18.0 Å². The van der Waals surface area contributed by atoms with Crippen molar-refractivity contribution in [3.8, 4) is 0 Å². The van der Waals surface area contributed by atoms with Crippen molar-refractivity contribution in [2.75, 3.05) is 5.32 Å². The number of nitrogens with one attached hydrogen (secondary N) is 1. The average Bonchev–Trinajstić information content (AvgIpc) is 2.94. The third kappa shape index (κ3) is 3.75. The topological polar surface area (TPSA) is 68.5 Å². The van der Waals surface area contributed by atoms with Crippen LogP contribution in [0.25, 0.3) is 0 Å². The third-order valence-corrected chi connectivity index (χ3v) is 3.36. The molecule has 5 nitrogen and oxygen atoms in total. The molecule has 0 saturated carbocycles. The van der Waals surface area contributed by atoms with Crippen LogP contribution in [-0.2, 0) is 16.0 Å². The van der Waals surface area contributed by atoms with E-state index in [2.05, 4.69) is 12.2 Å². The fourth-order valence-electron chi connectivity index (χ4n) is 1.94. The highest BCUT2D eigenvalue weighted by molar-refractivity contribution is 5.97. The highest BCUT2D eigenvalue weighted by atomic mass is 16.5. The first-order valence-electron chi connectivity index (χ1n) is 7.16. The van der Waals surface area contributed by atoms with Crippen LogP contribution in [0, 0.1) is 6.92 Å². The van der Waals surface area contributed by atoms with E-state index < -0.39 is 12.1 Å². The second kappa shape index (κ2) is 6.93. The molecule has 5 heteroatoms. The van der Waals surface area contributed by atoms with Crippen LogP contribution in [0.1, 0.15) is 35.5 Å². The summed E-state index contributed by atoms with van der Waals surface area (Å²) >= 11 is 0. The minimum atomic E-state index is -0.896. The van der Waals surface area contributed by atoms with E-state index in [1.54, 1.807) is 6.92 Å². The fourth-order valence-corrected chi connectivity index (χ4v) is 1.94. The highest BCUT2D eigenvalue weighted by Gasteiger charge is 2.21. The Morgan fingerprint density at radius 1 is 1.23 bits per heavy atom. The molecule has 0 aliphatic rings. The summed E-state index contributed by atoms with van der Waals surface area (Å²) in [4.78, 5) is 24.0. The summed E-state index contributed by atoms with van der Waals surface area (Å²) in [6, 6.07) is 9.06. The molecule has 0 saturated heterocycles. The summed E-state index contributed by atoms with van der Waals surface area (Å²) < 4.78 is 10.2. The molecular formula is C17H19NO4. The minimum absolute atomic E-state index is 0.326. The molecule has 0 aliphatic carbocycles. The van der Waals surface area contributed by atoms with Gasteiger partial charge in [-0.1, -0.05) is 19.1 Å². The number of esters is 1. The molecule has 22 heavy (non-hydrogen) atoms. The van der Waals surface area contributed by atoms with Gasteiger partial charge in [-0.15, -0.1) is 0 Å². The van der Waals surface area contributed by atoms with E-state index in [0.29, 0.717) is 17.0 Å². The van der Waals surface area contributed by atoms with Crippen LogP contribution >= 0.6 is 0 Å². The second-order valence-electron chi connectivity index (χ2n) is 4.98. The van der Waals surface area contributed by atoms with Gasteiger partial charge in [-0.05, 0) is 44.0 Å². The van der Waals surface area contributed by atoms with Crippen LogP contribution in [0.2, 0.25) is 0 Å². The van der Waals surface area contributed by atoms with Crippen LogP contribution in [0.5, 0.6) is 0 Å². The molecule has 1 aromatic carbocycles. The Hall–Kier alpha value is -2.56. The van der Waals surface area contributed by atoms with E-state index in [9.17, 15) is 9.59 Å². The maximum absolute atomic E-state index is 12.0. The Kier molecular flexibility index (Phi) is 4.99. The Bertz CT molecular complexity index is 658. The number of aryl methyl sites for hydroxylation is 2. The molecule has 1 atom stereocenters. The number of ether oxygens (including phenoxy) is 1. The van der Waals surface area contributed by atoms with Gasteiger partial charge in [0.25, 0.3) is 5.91 Å². The molecule has 1 aromatic heterocycles. The van der Waals surface area contributed by atoms with Crippen molar-refractivity contribution < 1.29 is 18.7 Å². The van der Waals surface area contributed by atoms with E-state index in [1.165, 1.54) is 24.8 Å². The fraction of sp³-hybridized carbons (Fsp3) is 0.294. The van der Waals surface area contributed by atoms with E-state index >= 15 is 0 Å². The number of carbonyl (C=O) groups excluding carboxylic acids is 2. The van der Waals surface area contributed by atoms with Gasteiger partial charge in [-0.25, -0.2) is 4.79 Å². The molecule has 2 aromatic rings. The number of amides is 1. The first kappa shape index (κ1) is 15.8. The molecule has 0 fully saturated rings. The quantitative estimate of drug-likeness (QED) is 0.860. The molecule has 1 heterocycles. The molecule has 0 aliphatic heterocycles. The zero-order valence-electron chi connectivity index (χ0n) is 12.9. The lowest BCUT2D eigenvalue weighted by Gasteiger charge is -2.13.